The van der Waals surface area contributed by atoms with Crippen molar-refractivity contribution < 1.29 is 29.1 Å². The number of thioether (sulfide) groups is 2. The van der Waals surface area contributed by atoms with Crippen molar-refractivity contribution in [3.05, 3.63) is 71.8 Å². The van der Waals surface area contributed by atoms with Gasteiger partial charge in [0.2, 0.25) is 22.0 Å². The van der Waals surface area contributed by atoms with Crippen LogP contribution in [0.5, 0.6) is 0 Å². The predicted molar refractivity (Wildman–Crippen MR) is 119 cm³/mol. The van der Waals surface area contributed by atoms with Crippen LogP contribution in [0.4, 0.5) is 0 Å². The zero-order valence-corrected chi connectivity index (χ0v) is 17.9. The summed E-state index contributed by atoms with van der Waals surface area (Å²) in [4.78, 5) is 59.3. The van der Waals surface area contributed by atoms with E-state index in [0.29, 0.717) is 11.1 Å². The van der Waals surface area contributed by atoms with Gasteiger partial charge in [0.15, 0.2) is 0 Å². The van der Waals surface area contributed by atoms with Crippen LogP contribution in [0.1, 0.15) is 20.7 Å². The molecule has 1 unspecified atom stereocenters. The summed E-state index contributed by atoms with van der Waals surface area (Å²) >= 11 is 1.55. The van der Waals surface area contributed by atoms with Gasteiger partial charge in [-0.1, -0.05) is 84.2 Å². The Morgan fingerprint density at radius 3 is 1.65 bits per heavy atom. The summed E-state index contributed by atoms with van der Waals surface area (Å²) in [7, 11) is 0. The second kappa shape index (κ2) is 12.6. The van der Waals surface area contributed by atoms with E-state index in [1.165, 1.54) is 0 Å². The van der Waals surface area contributed by atoms with Gasteiger partial charge in [0.25, 0.3) is 0 Å². The SMILES string of the molecule is O=C(CSC(=O)c1ccccc1)NCC(NC(=O)CSC(=O)c1ccccc1)C(=O)O. The number of hydrogen-bond acceptors (Lipinski definition) is 7. The molecule has 1 atom stereocenters. The van der Waals surface area contributed by atoms with Crippen LogP contribution in [0.25, 0.3) is 0 Å². The molecule has 0 spiro atoms. The lowest BCUT2D eigenvalue weighted by atomic mass is 10.2. The second-order valence-corrected chi connectivity index (χ2v) is 8.04. The minimum Gasteiger partial charge on any atom is -0.480 e. The van der Waals surface area contributed by atoms with Gasteiger partial charge in [-0.3, -0.25) is 19.2 Å². The normalized spacial score (nSPS) is 11.2. The van der Waals surface area contributed by atoms with E-state index in [9.17, 15) is 29.1 Å². The Hall–Kier alpha value is -3.11. The minimum atomic E-state index is -1.36. The molecule has 2 aromatic rings. The zero-order valence-electron chi connectivity index (χ0n) is 16.3. The lowest BCUT2D eigenvalue weighted by Crippen LogP contribution is -2.49. The number of aliphatic carboxylic acids is 1. The fourth-order valence-corrected chi connectivity index (χ4v) is 3.60. The molecule has 0 aliphatic carbocycles. The van der Waals surface area contributed by atoms with Gasteiger partial charge in [0, 0.05) is 17.7 Å². The molecule has 2 aromatic carbocycles. The first-order valence-corrected chi connectivity index (χ1v) is 11.1. The van der Waals surface area contributed by atoms with Crippen molar-refractivity contribution >= 4 is 51.5 Å². The first kappa shape index (κ1) is 24.2. The van der Waals surface area contributed by atoms with Crippen LogP contribution in [0.2, 0.25) is 0 Å². The Labute approximate surface area is 187 Å². The maximum Gasteiger partial charge on any atom is 0.328 e. The average molecular weight is 461 g/mol. The van der Waals surface area contributed by atoms with Gasteiger partial charge < -0.3 is 15.7 Å². The number of carbonyl (C=O) groups is 5. The molecule has 162 valence electrons. The molecule has 0 bridgehead atoms. The molecule has 0 saturated carbocycles. The minimum absolute atomic E-state index is 0.185. The molecule has 2 rings (SSSR count). The molecular formula is C21H20N2O6S2. The van der Waals surface area contributed by atoms with Crippen molar-refractivity contribution in [2.75, 3.05) is 18.1 Å². The zero-order chi connectivity index (χ0) is 22.6. The molecule has 31 heavy (non-hydrogen) atoms. The Morgan fingerprint density at radius 1 is 0.742 bits per heavy atom. The highest BCUT2D eigenvalue weighted by molar-refractivity contribution is 8.14. The van der Waals surface area contributed by atoms with E-state index in [1.807, 2.05) is 0 Å². The van der Waals surface area contributed by atoms with Gasteiger partial charge >= 0.3 is 5.97 Å². The van der Waals surface area contributed by atoms with Crippen LogP contribution in [0.15, 0.2) is 60.7 Å². The lowest BCUT2D eigenvalue weighted by Gasteiger charge is -2.15. The molecule has 2 amide bonds. The lowest BCUT2D eigenvalue weighted by molar-refractivity contribution is -0.141. The van der Waals surface area contributed by atoms with Crippen molar-refractivity contribution in [3.8, 4) is 0 Å². The smallest absolute Gasteiger partial charge is 0.328 e. The summed E-state index contributed by atoms with van der Waals surface area (Å²) in [6.45, 7) is -0.350. The number of carbonyl (C=O) groups excluding carboxylic acids is 4. The third-order valence-electron chi connectivity index (χ3n) is 3.82. The molecule has 0 aliphatic heterocycles. The third kappa shape index (κ3) is 8.65. The largest absolute Gasteiger partial charge is 0.480 e. The maximum atomic E-state index is 12.0. The monoisotopic (exact) mass is 460 g/mol. The Kier molecular flexibility index (Phi) is 9.79. The summed E-state index contributed by atoms with van der Waals surface area (Å²) in [6, 6.07) is 15.5. The first-order chi connectivity index (χ1) is 14.9. The number of amides is 2. The predicted octanol–water partition coefficient (Wildman–Crippen LogP) is 1.82. The highest BCUT2D eigenvalue weighted by atomic mass is 32.2. The van der Waals surface area contributed by atoms with Crippen molar-refractivity contribution in [1.82, 2.24) is 10.6 Å². The number of carboxylic acid groups (broad SMARTS) is 1. The van der Waals surface area contributed by atoms with Crippen LogP contribution in [-0.4, -0.2) is 57.2 Å². The standard InChI is InChI=1S/C21H20N2O6S2/c24-17(12-30-20(28)14-7-3-1-4-8-14)22-11-16(19(26)27)23-18(25)13-31-21(29)15-9-5-2-6-10-15/h1-10,16H,11-13H2,(H,22,24)(H,23,25)(H,26,27). The molecule has 0 radical (unpaired) electrons. The van der Waals surface area contributed by atoms with Crippen LogP contribution in [-0.2, 0) is 14.4 Å². The van der Waals surface area contributed by atoms with Gasteiger partial charge in [-0.2, -0.15) is 0 Å². The molecule has 0 aliphatic rings. The maximum absolute atomic E-state index is 12.0. The van der Waals surface area contributed by atoms with Gasteiger partial charge in [-0.25, -0.2) is 4.79 Å². The molecule has 8 nitrogen and oxygen atoms in total. The molecule has 3 N–H and O–H groups in total. The van der Waals surface area contributed by atoms with E-state index in [1.54, 1.807) is 60.7 Å². The Morgan fingerprint density at radius 2 is 1.19 bits per heavy atom. The van der Waals surface area contributed by atoms with Gasteiger partial charge in [-0.05, 0) is 0 Å². The molecule has 0 fully saturated rings. The van der Waals surface area contributed by atoms with E-state index >= 15 is 0 Å². The van der Waals surface area contributed by atoms with Gasteiger partial charge in [-0.15, -0.1) is 0 Å². The quantitative estimate of drug-likeness (QED) is 0.490. The Balaban J connectivity index is 1.74. The number of hydrogen-bond donors (Lipinski definition) is 3. The van der Waals surface area contributed by atoms with Crippen LogP contribution < -0.4 is 10.6 Å². The molecule has 0 saturated heterocycles. The molecule has 0 aromatic heterocycles. The van der Waals surface area contributed by atoms with Crippen LogP contribution >= 0.6 is 23.5 Å². The van der Waals surface area contributed by atoms with Gasteiger partial charge in [0.05, 0.1) is 11.5 Å². The number of benzene rings is 2. The molecule has 0 heterocycles. The average Bonchev–Trinajstić information content (AvgIpc) is 2.79. The number of carboxylic acids is 1. The molecular weight excluding hydrogens is 440 g/mol. The first-order valence-electron chi connectivity index (χ1n) is 9.10. The van der Waals surface area contributed by atoms with Crippen LogP contribution in [0, 0.1) is 0 Å². The topological polar surface area (TPSA) is 130 Å². The van der Waals surface area contributed by atoms with Crippen molar-refractivity contribution in [2.45, 2.75) is 6.04 Å². The molecule has 10 heteroatoms. The van der Waals surface area contributed by atoms with Crippen molar-refractivity contribution in [2.24, 2.45) is 0 Å². The summed E-state index contributed by atoms with van der Waals surface area (Å²) in [5.74, 6) is -2.96. The van der Waals surface area contributed by atoms with Gasteiger partial charge in [0.1, 0.15) is 6.04 Å². The van der Waals surface area contributed by atoms with Crippen molar-refractivity contribution in [1.29, 1.82) is 0 Å². The second-order valence-electron chi connectivity index (χ2n) is 6.15. The fraction of sp³-hybridized carbons (Fsp3) is 0.190. The van der Waals surface area contributed by atoms with E-state index in [-0.39, 0.29) is 28.3 Å². The van der Waals surface area contributed by atoms with Crippen LogP contribution in [0.3, 0.4) is 0 Å². The summed E-state index contributed by atoms with van der Waals surface area (Å²) in [5.41, 5.74) is 0.892. The Bertz CT molecular complexity index is 937. The summed E-state index contributed by atoms with van der Waals surface area (Å²) in [5, 5.41) is 13.3. The number of rotatable bonds is 10. The summed E-state index contributed by atoms with van der Waals surface area (Å²) < 4.78 is 0. The third-order valence-corrected chi connectivity index (χ3v) is 5.63. The fourth-order valence-electron chi connectivity index (χ4n) is 2.28. The van der Waals surface area contributed by atoms with E-state index in [2.05, 4.69) is 10.6 Å². The van der Waals surface area contributed by atoms with E-state index < -0.39 is 23.8 Å². The van der Waals surface area contributed by atoms with E-state index in [4.69, 9.17) is 0 Å². The number of nitrogens with one attached hydrogen (secondary N) is 2. The highest BCUT2D eigenvalue weighted by Crippen LogP contribution is 2.12. The summed E-state index contributed by atoms with van der Waals surface area (Å²) in [6.07, 6.45) is 0. The van der Waals surface area contributed by atoms with E-state index in [0.717, 1.165) is 23.5 Å². The highest BCUT2D eigenvalue weighted by Gasteiger charge is 2.21. The van der Waals surface area contributed by atoms with Crippen molar-refractivity contribution in [3.63, 3.8) is 0 Å².